The minimum Gasteiger partial charge on any atom is -0.350 e. The maximum Gasteiger partial charge on any atom is 0.282 e. The van der Waals surface area contributed by atoms with Crippen LogP contribution >= 0.6 is 23.2 Å². The third kappa shape index (κ3) is 5.62. The van der Waals surface area contributed by atoms with E-state index in [4.69, 9.17) is 23.2 Å². The van der Waals surface area contributed by atoms with Gasteiger partial charge in [0.1, 0.15) is 11.1 Å². The second kappa shape index (κ2) is 9.30. The van der Waals surface area contributed by atoms with E-state index >= 15 is 0 Å². The van der Waals surface area contributed by atoms with E-state index in [1.807, 2.05) is 0 Å². The zero-order valence-electron chi connectivity index (χ0n) is 14.8. The lowest BCUT2D eigenvalue weighted by Crippen LogP contribution is -2.42. The summed E-state index contributed by atoms with van der Waals surface area (Å²) in [6.45, 7) is 1.45. The molecule has 0 spiro atoms. The molecule has 152 valence electrons. The van der Waals surface area contributed by atoms with Gasteiger partial charge in [-0.15, -0.1) is 0 Å². The number of nitrogens with one attached hydrogen (secondary N) is 2. The van der Waals surface area contributed by atoms with Crippen molar-refractivity contribution in [3.8, 4) is 0 Å². The SMILES string of the molecule is C[C@@H](CNC(=O)c1cc(Cl)ccc1[N+](=O)[O-])NC(=O)c1cc(Cl)ccc1[N+](=O)[O-]. The Morgan fingerprint density at radius 3 is 1.83 bits per heavy atom. The summed E-state index contributed by atoms with van der Waals surface area (Å²) in [5.74, 6) is -1.51. The van der Waals surface area contributed by atoms with Gasteiger partial charge in [-0.2, -0.15) is 0 Å². The Labute approximate surface area is 174 Å². The molecule has 0 heterocycles. The van der Waals surface area contributed by atoms with Gasteiger partial charge in [0.2, 0.25) is 0 Å². The average molecular weight is 441 g/mol. The summed E-state index contributed by atoms with van der Waals surface area (Å²) in [4.78, 5) is 45.3. The molecular formula is C17H14Cl2N4O6. The van der Waals surface area contributed by atoms with E-state index in [9.17, 15) is 29.8 Å². The number of nitro groups is 2. The van der Waals surface area contributed by atoms with Crippen molar-refractivity contribution < 1.29 is 19.4 Å². The second-order valence-corrected chi connectivity index (χ2v) is 6.79. The Kier molecular flexibility index (Phi) is 7.08. The summed E-state index contributed by atoms with van der Waals surface area (Å²) >= 11 is 11.6. The van der Waals surface area contributed by atoms with Crippen LogP contribution in [0.2, 0.25) is 10.0 Å². The number of amides is 2. The van der Waals surface area contributed by atoms with E-state index in [0.29, 0.717) is 0 Å². The van der Waals surface area contributed by atoms with Gasteiger partial charge >= 0.3 is 0 Å². The lowest BCUT2D eigenvalue weighted by Gasteiger charge is -2.15. The number of benzene rings is 2. The van der Waals surface area contributed by atoms with Crippen LogP contribution in [0.5, 0.6) is 0 Å². The van der Waals surface area contributed by atoms with Gasteiger partial charge in [-0.25, -0.2) is 0 Å². The summed E-state index contributed by atoms with van der Waals surface area (Å²) in [7, 11) is 0. The number of carbonyl (C=O) groups is 2. The van der Waals surface area contributed by atoms with Crippen LogP contribution in [0.25, 0.3) is 0 Å². The molecule has 0 unspecified atom stereocenters. The van der Waals surface area contributed by atoms with Crippen LogP contribution in [-0.4, -0.2) is 34.2 Å². The van der Waals surface area contributed by atoms with Crippen LogP contribution in [0.1, 0.15) is 27.6 Å². The molecule has 0 bridgehead atoms. The summed E-state index contributed by atoms with van der Waals surface area (Å²) in [5, 5.41) is 27.4. The summed E-state index contributed by atoms with van der Waals surface area (Å²) in [5.41, 5.74) is -1.30. The predicted molar refractivity (Wildman–Crippen MR) is 105 cm³/mol. The van der Waals surface area contributed by atoms with Gasteiger partial charge in [-0.05, 0) is 31.2 Å². The van der Waals surface area contributed by atoms with Crippen molar-refractivity contribution in [3.63, 3.8) is 0 Å². The van der Waals surface area contributed by atoms with E-state index in [1.54, 1.807) is 6.92 Å². The van der Waals surface area contributed by atoms with Crippen molar-refractivity contribution >= 4 is 46.4 Å². The fraction of sp³-hybridized carbons (Fsp3) is 0.176. The first kappa shape index (κ1) is 22.1. The standard InChI is InChI=1S/C17H14Cl2N4O6/c1-9(21-17(25)13-7-11(19)3-5-15(13)23(28)29)8-20-16(24)12-6-10(18)2-4-14(12)22(26)27/h2-7,9H,8H2,1H3,(H,20,24)(H,21,25)/t9-/m0/s1. The number of rotatable bonds is 7. The molecule has 0 aromatic heterocycles. The third-order valence-corrected chi connectivity index (χ3v) is 4.22. The average Bonchev–Trinajstić information content (AvgIpc) is 2.65. The van der Waals surface area contributed by atoms with E-state index in [-0.39, 0.29) is 27.7 Å². The molecular weight excluding hydrogens is 427 g/mol. The Balaban J connectivity index is 2.07. The Morgan fingerprint density at radius 1 is 0.931 bits per heavy atom. The van der Waals surface area contributed by atoms with E-state index < -0.39 is 39.1 Å². The normalized spacial score (nSPS) is 11.4. The molecule has 2 amide bonds. The molecule has 0 fully saturated rings. The van der Waals surface area contributed by atoms with Crippen molar-refractivity contribution in [2.75, 3.05) is 6.54 Å². The van der Waals surface area contributed by atoms with E-state index in [0.717, 1.165) is 24.3 Å². The van der Waals surface area contributed by atoms with Crippen molar-refractivity contribution in [1.82, 2.24) is 10.6 Å². The second-order valence-electron chi connectivity index (χ2n) is 5.92. The van der Waals surface area contributed by atoms with Crippen molar-refractivity contribution in [2.45, 2.75) is 13.0 Å². The van der Waals surface area contributed by atoms with Crippen molar-refractivity contribution in [2.24, 2.45) is 0 Å². The quantitative estimate of drug-likeness (QED) is 0.498. The highest BCUT2D eigenvalue weighted by Gasteiger charge is 2.23. The smallest absolute Gasteiger partial charge is 0.282 e. The molecule has 2 aromatic rings. The molecule has 0 aliphatic heterocycles. The predicted octanol–water partition coefficient (Wildman–Crippen LogP) is 3.36. The third-order valence-electron chi connectivity index (χ3n) is 3.75. The topological polar surface area (TPSA) is 144 Å². The monoisotopic (exact) mass is 440 g/mol. The number of nitrogens with zero attached hydrogens (tertiary/aromatic N) is 2. The molecule has 2 N–H and O–H groups in total. The molecule has 0 aliphatic carbocycles. The Morgan fingerprint density at radius 2 is 1.38 bits per heavy atom. The molecule has 0 aliphatic rings. The van der Waals surface area contributed by atoms with Crippen LogP contribution in [0.3, 0.4) is 0 Å². The van der Waals surface area contributed by atoms with E-state index in [2.05, 4.69) is 10.6 Å². The molecule has 29 heavy (non-hydrogen) atoms. The first-order chi connectivity index (χ1) is 13.6. The lowest BCUT2D eigenvalue weighted by molar-refractivity contribution is -0.385. The Hall–Kier alpha value is -3.24. The van der Waals surface area contributed by atoms with Gasteiger partial charge in [0.05, 0.1) is 9.85 Å². The van der Waals surface area contributed by atoms with Gasteiger partial charge < -0.3 is 10.6 Å². The molecule has 2 aromatic carbocycles. The van der Waals surface area contributed by atoms with Crippen LogP contribution in [-0.2, 0) is 0 Å². The van der Waals surface area contributed by atoms with Crippen LogP contribution < -0.4 is 10.6 Å². The zero-order chi connectivity index (χ0) is 21.7. The zero-order valence-corrected chi connectivity index (χ0v) is 16.4. The van der Waals surface area contributed by atoms with Crippen molar-refractivity contribution in [3.05, 3.63) is 77.8 Å². The van der Waals surface area contributed by atoms with Crippen LogP contribution in [0, 0.1) is 20.2 Å². The van der Waals surface area contributed by atoms with E-state index in [1.165, 1.54) is 12.1 Å². The number of nitro benzene ring substituents is 2. The highest BCUT2D eigenvalue weighted by Crippen LogP contribution is 2.23. The molecule has 12 heteroatoms. The van der Waals surface area contributed by atoms with Crippen LogP contribution in [0.15, 0.2) is 36.4 Å². The van der Waals surface area contributed by atoms with Gasteiger partial charge in [0.25, 0.3) is 23.2 Å². The number of halogens is 2. The van der Waals surface area contributed by atoms with Crippen LogP contribution in [0.4, 0.5) is 11.4 Å². The number of hydrogen-bond acceptors (Lipinski definition) is 6. The highest BCUT2D eigenvalue weighted by atomic mass is 35.5. The molecule has 1 atom stereocenters. The first-order valence-electron chi connectivity index (χ1n) is 8.07. The number of hydrogen-bond donors (Lipinski definition) is 2. The van der Waals surface area contributed by atoms with Gasteiger partial charge in [-0.1, -0.05) is 23.2 Å². The van der Waals surface area contributed by atoms with Crippen molar-refractivity contribution in [1.29, 1.82) is 0 Å². The molecule has 10 nitrogen and oxygen atoms in total. The molecule has 2 rings (SSSR count). The Bertz CT molecular complexity index is 998. The maximum absolute atomic E-state index is 12.3. The van der Waals surface area contributed by atoms with Gasteiger partial charge in [0, 0.05) is 34.8 Å². The largest absolute Gasteiger partial charge is 0.350 e. The fourth-order valence-electron chi connectivity index (χ4n) is 2.39. The number of carbonyl (C=O) groups excluding carboxylic acids is 2. The lowest BCUT2D eigenvalue weighted by atomic mass is 10.1. The highest BCUT2D eigenvalue weighted by molar-refractivity contribution is 6.31. The molecule has 0 radical (unpaired) electrons. The minimum atomic E-state index is -0.756. The summed E-state index contributed by atoms with van der Waals surface area (Å²) < 4.78 is 0. The summed E-state index contributed by atoms with van der Waals surface area (Å²) in [6.07, 6.45) is 0. The molecule has 0 saturated heterocycles. The van der Waals surface area contributed by atoms with Gasteiger partial charge in [-0.3, -0.25) is 29.8 Å². The van der Waals surface area contributed by atoms with Gasteiger partial charge in [0.15, 0.2) is 0 Å². The first-order valence-corrected chi connectivity index (χ1v) is 8.82. The summed E-state index contributed by atoms with van der Waals surface area (Å²) in [6, 6.07) is 6.48. The maximum atomic E-state index is 12.3. The molecule has 0 saturated carbocycles. The minimum absolute atomic E-state index is 0.0946. The fourth-order valence-corrected chi connectivity index (χ4v) is 2.74.